The van der Waals surface area contributed by atoms with Crippen LogP contribution in [-0.4, -0.2) is 22.6 Å². The summed E-state index contributed by atoms with van der Waals surface area (Å²) in [6.45, 7) is 4.31. The maximum absolute atomic E-state index is 11.1. The number of carbonyl (C=O) groups excluding carboxylic acids is 1. The topological polar surface area (TPSA) is 54.9 Å². The highest BCUT2D eigenvalue weighted by Gasteiger charge is 2.08. The van der Waals surface area contributed by atoms with E-state index in [1.54, 1.807) is 0 Å². The summed E-state index contributed by atoms with van der Waals surface area (Å²) in [4.78, 5) is 11.1. The molecule has 1 amide bonds. The van der Waals surface area contributed by atoms with Crippen LogP contribution in [0.25, 0.3) is 0 Å². The quantitative estimate of drug-likeness (QED) is 0.708. The number of rotatable bonds is 2. The Balaban J connectivity index is 2.69. The number of carbonyl (C=O) groups is 1. The highest BCUT2D eigenvalue weighted by molar-refractivity contribution is 7.13. The molecule has 4 nitrogen and oxygen atoms in total. The van der Waals surface area contributed by atoms with Gasteiger partial charge in [-0.2, -0.15) is 0 Å². The van der Waals surface area contributed by atoms with Crippen molar-refractivity contribution in [3.05, 3.63) is 10.0 Å². The minimum absolute atomic E-state index is 0.141. The van der Waals surface area contributed by atoms with E-state index in [4.69, 9.17) is 0 Å². The van der Waals surface area contributed by atoms with E-state index in [1.807, 2.05) is 13.8 Å². The summed E-state index contributed by atoms with van der Waals surface area (Å²) in [5.41, 5.74) is 0. The molecular weight excluding hydrogens is 162 g/mol. The van der Waals surface area contributed by atoms with Crippen molar-refractivity contribution in [2.24, 2.45) is 0 Å². The standard InChI is InChI=1S/C6H9N3OS/c1-3-7-5(10)6-9-8-4(2)11-6/h3H2,1-2H3,(H,7,10). The molecule has 5 heteroatoms. The van der Waals surface area contributed by atoms with Crippen LogP contribution in [0.4, 0.5) is 0 Å². The Hall–Kier alpha value is -0.970. The van der Waals surface area contributed by atoms with Crippen molar-refractivity contribution < 1.29 is 4.79 Å². The Morgan fingerprint density at radius 2 is 2.36 bits per heavy atom. The van der Waals surface area contributed by atoms with Crippen LogP contribution in [0, 0.1) is 6.92 Å². The van der Waals surface area contributed by atoms with Gasteiger partial charge in [-0.25, -0.2) is 0 Å². The zero-order chi connectivity index (χ0) is 8.27. The average Bonchev–Trinajstić information content (AvgIpc) is 2.36. The second kappa shape index (κ2) is 3.43. The van der Waals surface area contributed by atoms with Crippen molar-refractivity contribution >= 4 is 17.2 Å². The van der Waals surface area contributed by atoms with E-state index in [0.29, 0.717) is 11.6 Å². The number of aromatic nitrogens is 2. The van der Waals surface area contributed by atoms with Gasteiger partial charge in [0.2, 0.25) is 5.01 Å². The smallest absolute Gasteiger partial charge is 0.282 e. The molecule has 0 aliphatic carbocycles. The molecule has 0 saturated carbocycles. The molecule has 1 rings (SSSR count). The summed E-state index contributed by atoms with van der Waals surface area (Å²) in [6.07, 6.45) is 0. The van der Waals surface area contributed by atoms with Crippen molar-refractivity contribution in [1.82, 2.24) is 15.5 Å². The van der Waals surface area contributed by atoms with Gasteiger partial charge in [-0.3, -0.25) is 4.79 Å². The molecule has 0 radical (unpaired) electrons. The predicted octanol–water partition coefficient (Wildman–Crippen LogP) is 0.596. The van der Waals surface area contributed by atoms with Gasteiger partial charge in [-0.05, 0) is 13.8 Å². The van der Waals surface area contributed by atoms with Crippen molar-refractivity contribution in [3.63, 3.8) is 0 Å². The van der Waals surface area contributed by atoms with Crippen LogP contribution in [-0.2, 0) is 0 Å². The van der Waals surface area contributed by atoms with Crippen molar-refractivity contribution in [1.29, 1.82) is 0 Å². The Morgan fingerprint density at radius 3 is 2.82 bits per heavy atom. The highest BCUT2D eigenvalue weighted by atomic mass is 32.1. The molecule has 11 heavy (non-hydrogen) atoms. The molecule has 0 spiro atoms. The number of hydrogen-bond donors (Lipinski definition) is 1. The molecule has 0 saturated heterocycles. The maximum Gasteiger partial charge on any atom is 0.282 e. The molecule has 0 atom stereocenters. The van der Waals surface area contributed by atoms with E-state index in [9.17, 15) is 4.79 Å². The zero-order valence-electron chi connectivity index (χ0n) is 6.42. The molecule has 0 aliphatic rings. The van der Waals surface area contributed by atoms with E-state index < -0.39 is 0 Å². The molecule has 1 aromatic heterocycles. The van der Waals surface area contributed by atoms with Gasteiger partial charge in [0, 0.05) is 6.54 Å². The molecule has 0 unspecified atom stereocenters. The average molecular weight is 171 g/mol. The molecular formula is C6H9N3OS. The van der Waals surface area contributed by atoms with Crippen LogP contribution in [0.1, 0.15) is 21.7 Å². The Labute approximate surface area is 68.7 Å². The molecule has 0 aromatic carbocycles. The maximum atomic E-state index is 11.1. The molecule has 0 bridgehead atoms. The minimum Gasteiger partial charge on any atom is -0.350 e. The first kappa shape index (κ1) is 8.13. The first-order valence-corrected chi connectivity index (χ1v) is 4.14. The van der Waals surface area contributed by atoms with Crippen molar-refractivity contribution in [3.8, 4) is 0 Å². The normalized spacial score (nSPS) is 9.64. The monoisotopic (exact) mass is 171 g/mol. The van der Waals surface area contributed by atoms with Gasteiger partial charge in [-0.15, -0.1) is 10.2 Å². The van der Waals surface area contributed by atoms with Gasteiger partial charge in [0.15, 0.2) is 0 Å². The Bertz CT molecular complexity index is 258. The van der Waals surface area contributed by atoms with Gasteiger partial charge in [0.1, 0.15) is 5.01 Å². The first-order chi connectivity index (χ1) is 5.24. The SMILES string of the molecule is CCNC(=O)c1nnc(C)s1. The second-order valence-electron chi connectivity index (χ2n) is 1.99. The second-order valence-corrected chi connectivity index (χ2v) is 3.17. The summed E-state index contributed by atoms with van der Waals surface area (Å²) < 4.78 is 0. The van der Waals surface area contributed by atoms with E-state index in [-0.39, 0.29) is 5.91 Å². The first-order valence-electron chi connectivity index (χ1n) is 3.32. The largest absolute Gasteiger partial charge is 0.350 e. The molecule has 1 heterocycles. The zero-order valence-corrected chi connectivity index (χ0v) is 7.23. The fraction of sp³-hybridized carbons (Fsp3) is 0.500. The van der Waals surface area contributed by atoms with Gasteiger partial charge >= 0.3 is 0 Å². The summed E-state index contributed by atoms with van der Waals surface area (Å²) >= 11 is 1.30. The number of hydrogen-bond acceptors (Lipinski definition) is 4. The van der Waals surface area contributed by atoms with Crippen LogP contribution in [0.5, 0.6) is 0 Å². The molecule has 0 fully saturated rings. The number of nitrogens with zero attached hydrogens (tertiary/aromatic N) is 2. The fourth-order valence-corrected chi connectivity index (χ4v) is 1.23. The van der Waals surface area contributed by atoms with Crippen LogP contribution < -0.4 is 5.32 Å². The molecule has 0 aliphatic heterocycles. The third kappa shape index (κ3) is 1.98. The van der Waals surface area contributed by atoms with Crippen LogP contribution in [0.2, 0.25) is 0 Å². The van der Waals surface area contributed by atoms with Crippen LogP contribution in [0.15, 0.2) is 0 Å². The van der Waals surface area contributed by atoms with Crippen LogP contribution >= 0.6 is 11.3 Å². The Kier molecular flexibility index (Phi) is 2.53. The highest BCUT2D eigenvalue weighted by Crippen LogP contribution is 2.06. The summed E-state index contributed by atoms with van der Waals surface area (Å²) in [5.74, 6) is -0.141. The lowest BCUT2D eigenvalue weighted by atomic mass is 10.6. The van der Waals surface area contributed by atoms with Gasteiger partial charge in [-0.1, -0.05) is 11.3 Å². The predicted molar refractivity (Wildman–Crippen MR) is 42.7 cm³/mol. The Morgan fingerprint density at radius 1 is 1.64 bits per heavy atom. The van der Waals surface area contributed by atoms with E-state index in [1.165, 1.54) is 11.3 Å². The third-order valence-electron chi connectivity index (χ3n) is 1.06. The summed E-state index contributed by atoms with van der Waals surface area (Å²) in [6, 6.07) is 0. The number of amides is 1. The van der Waals surface area contributed by atoms with Gasteiger partial charge < -0.3 is 5.32 Å². The van der Waals surface area contributed by atoms with E-state index >= 15 is 0 Å². The van der Waals surface area contributed by atoms with E-state index in [2.05, 4.69) is 15.5 Å². The lowest BCUT2D eigenvalue weighted by molar-refractivity contribution is 0.0954. The summed E-state index contributed by atoms with van der Waals surface area (Å²) in [7, 11) is 0. The van der Waals surface area contributed by atoms with Crippen molar-refractivity contribution in [2.45, 2.75) is 13.8 Å². The van der Waals surface area contributed by atoms with E-state index in [0.717, 1.165) is 5.01 Å². The molecule has 60 valence electrons. The summed E-state index contributed by atoms with van der Waals surface area (Å²) in [5, 5.41) is 11.3. The molecule has 1 aromatic rings. The third-order valence-corrected chi connectivity index (χ3v) is 1.90. The minimum atomic E-state index is -0.141. The lowest BCUT2D eigenvalue weighted by Gasteiger charge is -1.93. The van der Waals surface area contributed by atoms with Crippen molar-refractivity contribution in [2.75, 3.05) is 6.54 Å². The van der Waals surface area contributed by atoms with Gasteiger partial charge in [0.25, 0.3) is 5.91 Å². The lowest BCUT2D eigenvalue weighted by Crippen LogP contribution is -2.22. The van der Waals surface area contributed by atoms with Crippen LogP contribution in [0.3, 0.4) is 0 Å². The number of nitrogens with one attached hydrogen (secondary N) is 1. The number of aryl methyl sites for hydroxylation is 1. The fourth-order valence-electron chi connectivity index (χ4n) is 0.624. The van der Waals surface area contributed by atoms with Gasteiger partial charge in [0.05, 0.1) is 0 Å². The molecule has 1 N–H and O–H groups in total.